The van der Waals surface area contributed by atoms with E-state index in [1.54, 1.807) is 7.11 Å². The Balaban J connectivity index is 0.00000288. The van der Waals surface area contributed by atoms with Gasteiger partial charge >= 0.3 is 0 Å². The number of nitrogens with one attached hydrogen (secondary N) is 2. The standard InChI is InChI=1S/C18H22N2O3.ClH/c1-14-8-9-17(23-15-6-4-3-5-7-15)16(12-14)20-18(21)13-19-10-11-22-2;/h3-9,12,19H,10-11,13H2,1-2H3,(H,20,21);1H. The predicted molar refractivity (Wildman–Crippen MR) is 98.3 cm³/mol. The van der Waals surface area contributed by atoms with Gasteiger partial charge in [-0.1, -0.05) is 24.3 Å². The highest BCUT2D eigenvalue weighted by molar-refractivity contribution is 5.93. The van der Waals surface area contributed by atoms with Gasteiger partial charge in [-0.15, -0.1) is 12.4 Å². The van der Waals surface area contributed by atoms with E-state index in [-0.39, 0.29) is 24.9 Å². The predicted octanol–water partition coefficient (Wildman–Crippen LogP) is 3.38. The fourth-order valence-electron chi connectivity index (χ4n) is 2.02. The molecule has 0 bridgehead atoms. The molecule has 2 rings (SSSR count). The Morgan fingerprint density at radius 2 is 1.88 bits per heavy atom. The maximum absolute atomic E-state index is 12.0. The Hall–Kier alpha value is -2.08. The van der Waals surface area contributed by atoms with Crippen LogP contribution in [-0.4, -0.2) is 32.7 Å². The zero-order chi connectivity index (χ0) is 16.5. The molecule has 0 aliphatic rings. The molecule has 0 radical (unpaired) electrons. The van der Waals surface area contributed by atoms with Crippen molar-refractivity contribution in [1.29, 1.82) is 0 Å². The highest BCUT2D eigenvalue weighted by atomic mass is 35.5. The van der Waals surface area contributed by atoms with Crippen molar-refractivity contribution in [2.75, 3.05) is 32.1 Å². The monoisotopic (exact) mass is 350 g/mol. The molecule has 2 N–H and O–H groups in total. The van der Waals surface area contributed by atoms with Crippen LogP contribution in [0.1, 0.15) is 5.56 Å². The van der Waals surface area contributed by atoms with Gasteiger partial charge in [0.05, 0.1) is 18.8 Å². The number of halogens is 1. The van der Waals surface area contributed by atoms with Crippen LogP contribution in [0.3, 0.4) is 0 Å². The summed E-state index contributed by atoms with van der Waals surface area (Å²) < 4.78 is 10.8. The van der Waals surface area contributed by atoms with Crippen molar-refractivity contribution in [3.8, 4) is 11.5 Å². The third-order valence-electron chi connectivity index (χ3n) is 3.15. The van der Waals surface area contributed by atoms with Crippen LogP contribution in [0.2, 0.25) is 0 Å². The Kier molecular flexibility index (Phi) is 8.86. The molecule has 1 amide bonds. The van der Waals surface area contributed by atoms with Crippen LogP contribution in [0.25, 0.3) is 0 Å². The number of ether oxygens (including phenoxy) is 2. The largest absolute Gasteiger partial charge is 0.455 e. The quantitative estimate of drug-likeness (QED) is 0.716. The molecule has 2 aromatic rings. The topological polar surface area (TPSA) is 59.6 Å². The lowest BCUT2D eigenvalue weighted by Gasteiger charge is -2.13. The van der Waals surface area contributed by atoms with Gasteiger partial charge in [0.25, 0.3) is 0 Å². The fourth-order valence-corrected chi connectivity index (χ4v) is 2.02. The number of carbonyl (C=O) groups is 1. The first-order chi connectivity index (χ1) is 11.2. The number of hydrogen-bond acceptors (Lipinski definition) is 4. The summed E-state index contributed by atoms with van der Waals surface area (Å²) in [6, 6.07) is 15.2. The van der Waals surface area contributed by atoms with E-state index in [0.717, 1.165) is 11.3 Å². The van der Waals surface area contributed by atoms with Crippen molar-refractivity contribution < 1.29 is 14.3 Å². The normalized spacial score (nSPS) is 9.92. The van der Waals surface area contributed by atoms with Gasteiger partial charge < -0.3 is 20.1 Å². The number of hydrogen-bond donors (Lipinski definition) is 2. The van der Waals surface area contributed by atoms with Crippen LogP contribution in [0.15, 0.2) is 48.5 Å². The van der Waals surface area contributed by atoms with Crippen LogP contribution < -0.4 is 15.4 Å². The fraction of sp³-hybridized carbons (Fsp3) is 0.278. The highest BCUT2D eigenvalue weighted by Crippen LogP contribution is 2.30. The van der Waals surface area contributed by atoms with Gasteiger partial charge in [0.15, 0.2) is 5.75 Å². The summed E-state index contributed by atoms with van der Waals surface area (Å²) in [4.78, 5) is 12.0. The third-order valence-corrected chi connectivity index (χ3v) is 3.15. The summed E-state index contributed by atoms with van der Waals surface area (Å²) in [6.45, 7) is 3.39. The SMILES string of the molecule is COCCNCC(=O)Nc1cc(C)ccc1Oc1ccccc1.Cl. The zero-order valence-corrected chi connectivity index (χ0v) is 14.7. The number of amides is 1. The molecular formula is C18H23ClN2O3. The van der Waals surface area contributed by atoms with E-state index < -0.39 is 0 Å². The van der Waals surface area contributed by atoms with Gasteiger partial charge in [0.2, 0.25) is 5.91 Å². The van der Waals surface area contributed by atoms with Crippen molar-refractivity contribution in [1.82, 2.24) is 5.32 Å². The molecule has 0 spiro atoms. The van der Waals surface area contributed by atoms with E-state index in [4.69, 9.17) is 9.47 Å². The summed E-state index contributed by atoms with van der Waals surface area (Å²) in [5, 5.41) is 5.89. The Morgan fingerprint density at radius 3 is 2.58 bits per heavy atom. The number of methoxy groups -OCH3 is 1. The second-order valence-corrected chi connectivity index (χ2v) is 5.13. The Labute approximate surface area is 148 Å². The first kappa shape index (κ1) is 20.0. The first-order valence-corrected chi connectivity index (χ1v) is 7.52. The summed E-state index contributed by atoms with van der Waals surface area (Å²) in [5.74, 6) is 1.22. The van der Waals surface area contributed by atoms with E-state index >= 15 is 0 Å². The minimum atomic E-state index is -0.121. The van der Waals surface area contributed by atoms with E-state index in [9.17, 15) is 4.79 Å². The van der Waals surface area contributed by atoms with Crippen LogP contribution in [0, 0.1) is 6.92 Å². The van der Waals surface area contributed by atoms with Crippen LogP contribution in [-0.2, 0) is 9.53 Å². The molecule has 0 aliphatic carbocycles. The van der Waals surface area contributed by atoms with E-state index in [0.29, 0.717) is 24.6 Å². The molecule has 0 saturated heterocycles. The lowest BCUT2D eigenvalue weighted by molar-refractivity contribution is -0.115. The molecule has 0 aromatic heterocycles. The van der Waals surface area contributed by atoms with Crippen molar-refractivity contribution in [2.24, 2.45) is 0 Å². The molecule has 24 heavy (non-hydrogen) atoms. The maximum atomic E-state index is 12.0. The lowest BCUT2D eigenvalue weighted by Crippen LogP contribution is -2.30. The van der Waals surface area contributed by atoms with Crippen molar-refractivity contribution in [3.63, 3.8) is 0 Å². The van der Waals surface area contributed by atoms with Gasteiger partial charge in [0, 0.05) is 13.7 Å². The summed E-state index contributed by atoms with van der Waals surface area (Å²) in [6.07, 6.45) is 0. The number of para-hydroxylation sites is 1. The second kappa shape index (κ2) is 10.6. The second-order valence-electron chi connectivity index (χ2n) is 5.13. The van der Waals surface area contributed by atoms with Crippen molar-refractivity contribution in [2.45, 2.75) is 6.92 Å². The molecule has 0 aliphatic heterocycles. The van der Waals surface area contributed by atoms with Crippen molar-refractivity contribution in [3.05, 3.63) is 54.1 Å². The average Bonchev–Trinajstić information content (AvgIpc) is 2.55. The minimum Gasteiger partial charge on any atom is -0.455 e. The summed E-state index contributed by atoms with van der Waals surface area (Å²) in [7, 11) is 1.63. The van der Waals surface area contributed by atoms with Gasteiger partial charge in [-0.2, -0.15) is 0 Å². The van der Waals surface area contributed by atoms with E-state index in [2.05, 4.69) is 10.6 Å². The Bertz CT molecular complexity index is 635. The number of benzene rings is 2. The number of anilines is 1. The van der Waals surface area contributed by atoms with E-state index in [1.165, 1.54) is 0 Å². The Morgan fingerprint density at radius 1 is 1.12 bits per heavy atom. The molecule has 5 nitrogen and oxygen atoms in total. The molecular weight excluding hydrogens is 328 g/mol. The molecule has 0 unspecified atom stereocenters. The number of rotatable bonds is 8. The maximum Gasteiger partial charge on any atom is 0.238 e. The molecule has 130 valence electrons. The smallest absolute Gasteiger partial charge is 0.238 e. The van der Waals surface area contributed by atoms with Crippen LogP contribution >= 0.6 is 12.4 Å². The lowest BCUT2D eigenvalue weighted by atomic mass is 10.2. The zero-order valence-electron chi connectivity index (χ0n) is 13.9. The van der Waals surface area contributed by atoms with Crippen LogP contribution in [0.4, 0.5) is 5.69 Å². The molecule has 0 saturated carbocycles. The van der Waals surface area contributed by atoms with Gasteiger partial charge in [0.1, 0.15) is 5.75 Å². The minimum absolute atomic E-state index is 0. The number of aryl methyl sites for hydroxylation is 1. The summed E-state index contributed by atoms with van der Waals surface area (Å²) in [5.41, 5.74) is 1.71. The van der Waals surface area contributed by atoms with Crippen molar-refractivity contribution >= 4 is 24.0 Å². The molecule has 0 heterocycles. The highest BCUT2D eigenvalue weighted by Gasteiger charge is 2.09. The molecule has 2 aromatic carbocycles. The van der Waals surface area contributed by atoms with Gasteiger partial charge in [-0.3, -0.25) is 4.79 Å². The molecule has 0 fully saturated rings. The third kappa shape index (κ3) is 6.58. The number of carbonyl (C=O) groups excluding carboxylic acids is 1. The van der Waals surface area contributed by atoms with Crippen LogP contribution in [0.5, 0.6) is 11.5 Å². The molecule has 0 atom stereocenters. The van der Waals surface area contributed by atoms with Gasteiger partial charge in [-0.05, 0) is 36.8 Å². The molecule has 6 heteroatoms. The summed E-state index contributed by atoms with van der Waals surface area (Å²) >= 11 is 0. The average molecular weight is 351 g/mol. The van der Waals surface area contributed by atoms with E-state index in [1.807, 2.05) is 55.5 Å². The first-order valence-electron chi connectivity index (χ1n) is 7.52. The van der Waals surface area contributed by atoms with Gasteiger partial charge in [-0.25, -0.2) is 0 Å².